The summed E-state index contributed by atoms with van der Waals surface area (Å²) >= 11 is 11.9. The molecule has 0 aliphatic heterocycles. The van der Waals surface area contributed by atoms with E-state index in [4.69, 9.17) is 23.2 Å². The summed E-state index contributed by atoms with van der Waals surface area (Å²) in [6, 6.07) is 14.3. The Kier molecular flexibility index (Phi) is 4.41. The number of benzene rings is 2. The second-order valence-corrected chi connectivity index (χ2v) is 5.79. The molecule has 3 rings (SSSR count). The number of para-hydroxylation sites is 1. The molecule has 0 aliphatic rings. The van der Waals surface area contributed by atoms with Crippen molar-refractivity contribution in [3.63, 3.8) is 0 Å². The number of H-pyrrole nitrogens is 1. The zero-order valence-corrected chi connectivity index (χ0v) is 13.7. The van der Waals surface area contributed by atoms with Gasteiger partial charge in [0.05, 0.1) is 5.69 Å². The van der Waals surface area contributed by atoms with Crippen LogP contribution in [0.5, 0.6) is 0 Å². The Bertz CT molecular complexity index is 807. The molecular formula is C18H16Cl2N2. The SMILES string of the molecule is Cc1cc2c(N(CC=CCl)c3ccccc3)c[nH]c2cc1Cl. The van der Waals surface area contributed by atoms with Gasteiger partial charge >= 0.3 is 0 Å². The number of fused-ring (bicyclic) bond motifs is 1. The molecular weight excluding hydrogens is 315 g/mol. The minimum atomic E-state index is 0.697. The van der Waals surface area contributed by atoms with Crippen LogP contribution < -0.4 is 4.90 Å². The van der Waals surface area contributed by atoms with Crippen molar-refractivity contribution in [2.45, 2.75) is 6.92 Å². The quantitative estimate of drug-likeness (QED) is 0.619. The molecule has 22 heavy (non-hydrogen) atoms. The molecule has 1 aromatic heterocycles. The third-order valence-electron chi connectivity index (χ3n) is 3.67. The van der Waals surface area contributed by atoms with Crippen LogP contribution in [-0.4, -0.2) is 11.5 Å². The Balaban J connectivity index is 2.14. The maximum atomic E-state index is 6.21. The van der Waals surface area contributed by atoms with Crippen LogP contribution in [0.2, 0.25) is 5.02 Å². The fourth-order valence-electron chi connectivity index (χ4n) is 2.56. The zero-order valence-electron chi connectivity index (χ0n) is 12.2. The van der Waals surface area contributed by atoms with Crippen LogP contribution in [0.3, 0.4) is 0 Å². The van der Waals surface area contributed by atoms with E-state index in [9.17, 15) is 0 Å². The molecule has 0 unspecified atom stereocenters. The first-order valence-corrected chi connectivity index (χ1v) is 7.87. The zero-order chi connectivity index (χ0) is 15.5. The molecule has 0 saturated heterocycles. The highest BCUT2D eigenvalue weighted by molar-refractivity contribution is 6.32. The Hall–Kier alpha value is -1.90. The number of hydrogen-bond donors (Lipinski definition) is 1. The molecule has 0 saturated carbocycles. The van der Waals surface area contributed by atoms with Crippen molar-refractivity contribution in [1.29, 1.82) is 0 Å². The van der Waals surface area contributed by atoms with Crippen molar-refractivity contribution in [1.82, 2.24) is 4.98 Å². The third-order valence-corrected chi connectivity index (χ3v) is 4.26. The van der Waals surface area contributed by atoms with E-state index in [0.29, 0.717) is 6.54 Å². The standard InChI is InChI=1S/C18H16Cl2N2/c1-13-10-15-17(11-16(13)20)21-12-18(15)22(9-5-8-19)14-6-3-2-4-7-14/h2-8,10-12,21H,9H2,1H3. The van der Waals surface area contributed by atoms with Gasteiger partial charge in [0, 0.05) is 39.9 Å². The van der Waals surface area contributed by atoms with Crippen molar-refractivity contribution in [3.8, 4) is 0 Å². The van der Waals surface area contributed by atoms with Crippen LogP contribution in [-0.2, 0) is 0 Å². The van der Waals surface area contributed by atoms with E-state index in [1.54, 1.807) is 5.54 Å². The van der Waals surface area contributed by atoms with E-state index in [1.165, 1.54) is 0 Å². The molecule has 1 N–H and O–H groups in total. The molecule has 0 spiro atoms. The van der Waals surface area contributed by atoms with Crippen LogP contribution in [0.4, 0.5) is 11.4 Å². The van der Waals surface area contributed by atoms with E-state index >= 15 is 0 Å². The predicted octanol–water partition coefficient (Wildman–Crippen LogP) is 6.02. The fraction of sp³-hybridized carbons (Fsp3) is 0.111. The van der Waals surface area contributed by atoms with Crippen LogP contribution >= 0.6 is 23.2 Å². The van der Waals surface area contributed by atoms with Gasteiger partial charge in [-0.15, -0.1) is 0 Å². The summed E-state index contributed by atoms with van der Waals surface area (Å²) < 4.78 is 0. The van der Waals surface area contributed by atoms with E-state index in [-0.39, 0.29) is 0 Å². The first-order valence-electron chi connectivity index (χ1n) is 7.05. The molecule has 0 bridgehead atoms. The molecule has 0 amide bonds. The largest absolute Gasteiger partial charge is 0.359 e. The molecule has 0 aliphatic carbocycles. The highest BCUT2D eigenvalue weighted by Crippen LogP contribution is 2.34. The number of nitrogens with zero attached hydrogens (tertiary/aromatic N) is 1. The average molecular weight is 331 g/mol. The summed E-state index contributed by atoms with van der Waals surface area (Å²) in [5, 5.41) is 1.92. The average Bonchev–Trinajstić information content (AvgIpc) is 2.92. The van der Waals surface area contributed by atoms with Crippen molar-refractivity contribution >= 4 is 45.5 Å². The van der Waals surface area contributed by atoms with Crippen LogP contribution in [0, 0.1) is 6.92 Å². The summed E-state index contributed by atoms with van der Waals surface area (Å²) in [6.45, 7) is 2.71. The van der Waals surface area contributed by atoms with Gasteiger partial charge < -0.3 is 9.88 Å². The maximum Gasteiger partial charge on any atom is 0.0671 e. The number of aromatic nitrogens is 1. The van der Waals surface area contributed by atoms with Gasteiger partial charge in [0.1, 0.15) is 0 Å². The molecule has 0 radical (unpaired) electrons. The summed E-state index contributed by atoms with van der Waals surface area (Å²) in [6.07, 6.45) is 3.94. The van der Waals surface area contributed by atoms with Crippen molar-refractivity contribution in [2.24, 2.45) is 0 Å². The lowest BCUT2D eigenvalue weighted by molar-refractivity contribution is 1.10. The summed E-state index contributed by atoms with van der Waals surface area (Å²) in [4.78, 5) is 5.51. The fourth-order valence-corrected chi connectivity index (χ4v) is 2.80. The lowest BCUT2D eigenvalue weighted by Gasteiger charge is -2.23. The van der Waals surface area contributed by atoms with Gasteiger partial charge in [-0.1, -0.05) is 47.5 Å². The molecule has 0 atom stereocenters. The predicted molar refractivity (Wildman–Crippen MR) is 96.5 cm³/mol. The molecule has 0 fully saturated rings. The van der Waals surface area contributed by atoms with E-state index in [2.05, 4.69) is 28.1 Å². The van der Waals surface area contributed by atoms with Gasteiger partial charge in [-0.25, -0.2) is 0 Å². The van der Waals surface area contributed by atoms with E-state index in [0.717, 1.165) is 32.9 Å². The first kappa shape index (κ1) is 15.0. The molecule has 4 heteroatoms. The van der Waals surface area contributed by atoms with Crippen molar-refractivity contribution in [2.75, 3.05) is 11.4 Å². The van der Waals surface area contributed by atoms with E-state index < -0.39 is 0 Å². The Morgan fingerprint density at radius 3 is 2.68 bits per heavy atom. The van der Waals surface area contributed by atoms with Crippen molar-refractivity contribution < 1.29 is 0 Å². The minimum Gasteiger partial charge on any atom is -0.359 e. The monoisotopic (exact) mass is 330 g/mol. The Labute approximate surface area is 140 Å². The minimum absolute atomic E-state index is 0.697. The van der Waals surface area contributed by atoms with Crippen molar-refractivity contribution in [3.05, 3.63) is 70.9 Å². The smallest absolute Gasteiger partial charge is 0.0671 e. The highest BCUT2D eigenvalue weighted by Gasteiger charge is 2.14. The van der Waals surface area contributed by atoms with Gasteiger partial charge in [-0.05, 0) is 36.8 Å². The number of halogens is 2. The number of aromatic amines is 1. The molecule has 2 aromatic carbocycles. The van der Waals surface area contributed by atoms with Gasteiger partial charge in [0.15, 0.2) is 0 Å². The second-order valence-electron chi connectivity index (χ2n) is 5.13. The van der Waals surface area contributed by atoms with Gasteiger partial charge in [0.25, 0.3) is 0 Å². The summed E-state index contributed by atoms with van der Waals surface area (Å²) in [7, 11) is 0. The van der Waals surface area contributed by atoms with Crippen LogP contribution in [0.15, 0.2) is 60.3 Å². The maximum absolute atomic E-state index is 6.21. The number of nitrogens with one attached hydrogen (secondary N) is 1. The Morgan fingerprint density at radius 1 is 1.18 bits per heavy atom. The normalized spacial score (nSPS) is 11.4. The van der Waals surface area contributed by atoms with Crippen LogP contribution in [0.25, 0.3) is 10.9 Å². The lowest BCUT2D eigenvalue weighted by Crippen LogP contribution is -2.16. The topological polar surface area (TPSA) is 19.0 Å². The molecule has 1 heterocycles. The van der Waals surface area contributed by atoms with Crippen LogP contribution in [0.1, 0.15) is 5.56 Å². The summed E-state index contributed by atoms with van der Waals surface area (Å²) in [5.74, 6) is 0. The first-order chi connectivity index (χ1) is 10.7. The summed E-state index contributed by atoms with van der Waals surface area (Å²) in [5.41, 5.74) is 5.87. The van der Waals surface area contributed by atoms with E-state index in [1.807, 2.05) is 43.5 Å². The number of anilines is 2. The second kappa shape index (κ2) is 6.47. The molecule has 3 aromatic rings. The third kappa shape index (κ3) is 2.85. The molecule has 112 valence electrons. The highest BCUT2D eigenvalue weighted by atomic mass is 35.5. The number of aryl methyl sites for hydroxylation is 1. The molecule has 2 nitrogen and oxygen atoms in total. The number of rotatable bonds is 4. The van der Waals surface area contributed by atoms with Gasteiger partial charge in [-0.2, -0.15) is 0 Å². The Morgan fingerprint density at radius 2 is 1.95 bits per heavy atom. The van der Waals surface area contributed by atoms with Gasteiger partial charge in [0.2, 0.25) is 0 Å². The van der Waals surface area contributed by atoms with Gasteiger partial charge in [-0.3, -0.25) is 0 Å². The lowest BCUT2D eigenvalue weighted by atomic mass is 10.1. The number of hydrogen-bond acceptors (Lipinski definition) is 1.